The Morgan fingerprint density at radius 3 is 2.00 bits per heavy atom. The van der Waals surface area contributed by atoms with Crippen molar-refractivity contribution in [3.05, 3.63) is 30.5 Å². The normalized spacial score (nSPS) is 12.0. The molecule has 0 atom stereocenters. The second-order valence-electron chi connectivity index (χ2n) is 6.14. The summed E-state index contributed by atoms with van der Waals surface area (Å²) >= 11 is 0. The van der Waals surface area contributed by atoms with Crippen LogP contribution in [0.3, 0.4) is 0 Å². The van der Waals surface area contributed by atoms with Crippen molar-refractivity contribution in [1.29, 1.82) is 0 Å². The molecule has 11 heteroatoms. The molecule has 28 heavy (non-hydrogen) atoms. The molecule has 0 radical (unpaired) electrons. The fourth-order valence-corrected chi connectivity index (χ4v) is 4.06. The average molecular weight is 434 g/mol. The van der Waals surface area contributed by atoms with Crippen LogP contribution < -0.4 is 9.47 Å². The van der Waals surface area contributed by atoms with E-state index in [0.717, 1.165) is 16.6 Å². The lowest BCUT2D eigenvalue weighted by Crippen LogP contribution is -2.36. The van der Waals surface area contributed by atoms with E-state index in [1.807, 2.05) is 54.8 Å². The zero-order valence-corrected chi connectivity index (χ0v) is 18.5. The maximum Gasteiger partial charge on any atom is 0.250 e. The van der Waals surface area contributed by atoms with Gasteiger partial charge in [0.2, 0.25) is 15.9 Å². The molecule has 0 aliphatic carbocycles. The highest BCUT2D eigenvalue weighted by molar-refractivity contribution is 7.89. The molecule has 0 bridgehead atoms. The summed E-state index contributed by atoms with van der Waals surface area (Å²) in [5.74, 6) is 0. The van der Waals surface area contributed by atoms with Gasteiger partial charge in [0.1, 0.15) is 6.54 Å². The van der Waals surface area contributed by atoms with Crippen molar-refractivity contribution in [3.8, 4) is 0 Å². The Hall–Kier alpha value is -1.79. The third kappa shape index (κ3) is 5.85. The Balaban J connectivity index is 0.000000480. The minimum absolute atomic E-state index is 0.0914. The largest absolute Gasteiger partial charge is 0.726 e. The predicted molar refractivity (Wildman–Crippen MR) is 106 cm³/mol. The number of hydrogen-bond donors (Lipinski definition) is 0. The van der Waals surface area contributed by atoms with Gasteiger partial charge in [0.15, 0.2) is 11.1 Å². The first-order chi connectivity index (χ1) is 12.9. The summed E-state index contributed by atoms with van der Waals surface area (Å²) in [6.45, 7) is 4.05. The molecule has 2 rings (SSSR count). The molecule has 0 saturated carbocycles. The molecule has 0 unspecified atom stereocenters. The fraction of sp³-hybridized carbons (Fsp3) is 0.471. The van der Waals surface area contributed by atoms with Crippen molar-refractivity contribution < 1.29 is 30.1 Å². The first-order valence-corrected chi connectivity index (χ1v) is 11.3. The van der Waals surface area contributed by atoms with Crippen molar-refractivity contribution >= 4 is 37.0 Å². The van der Waals surface area contributed by atoms with Crippen LogP contribution in [0.15, 0.2) is 35.4 Å². The minimum Gasteiger partial charge on any atom is -0.726 e. The molecule has 0 aliphatic heterocycles. The molecule has 158 valence electrons. The summed E-state index contributed by atoms with van der Waals surface area (Å²) in [6.07, 6.45) is 1.73. The maximum absolute atomic E-state index is 12.7. The molecule has 0 N–H and O–H groups in total. The quantitative estimate of drug-likeness (QED) is 0.379. The van der Waals surface area contributed by atoms with Gasteiger partial charge in [-0.2, -0.15) is 4.57 Å². The van der Waals surface area contributed by atoms with Gasteiger partial charge in [0.25, 0.3) is 10.0 Å². The number of fused-ring (bicyclic) bond motifs is 1. The number of aromatic nitrogens is 1. The molecule has 1 aromatic heterocycles. The Morgan fingerprint density at radius 2 is 1.61 bits per heavy atom. The number of anilines is 1. The third-order valence-corrected chi connectivity index (χ3v) is 6.12. The lowest BCUT2D eigenvalue weighted by molar-refractivity contribution is -0.669. The van der Waals surface area contributed by atoms with Gasteiger partial charge in [-0.3, -0.25) is 4.18 Å². The molecule has 0 aliphatic rings. The Bertz CT molecular complexity index is 1020. The fourth-order valence-electron chi connectivity index (χ4n) is 2.58. The predicted octanol–water partition coefficient (Wildman–Crippen LogP) is 0.947. The average Bonchev–Trinajstić information content (AvgIpc) is 2.59. The van der Waals surface area contributed by atoms with Crippen LogP contribution in [0, 0.1) is 0 Å². The number of aryl methyl sites for hydroxylation is 1. The van der Waals surface area contributed by atoms with Crippen molar-refractivity contribution in [2.75, 3.05) is 39.7 Å². The van der Waals surface area contributed by atoms with Gasteiger partial charge in [0, 0.05) is 34.3 Å². The van der Waals surface area contributed by atoms with Crippen LogP contribution in [0.25, 0.3) is 10.9 Å². The number of para-hydroxylation sites is 1. The van der Waals surface area contributed by atoms with Gasteiger partial charge < -0.3 is 9.45 Å². The monoisotopic (exact) mass is 433 g/mol. The Kier molecular flexibility index (Phi) is 8.32. The van der Waals surface area contributed by atoms with Crippen LogP contribution in [0.1, 0.15) is 13.8 Å². The molecule has 2 aromatic rings. The van der Waals surface area contributed by atoms with Gasteiger partial charge in [-0.25, -0.2) is 21.1 Å². The number of rotatable bonds is 6. The second kappa shape index (κ2) is 9.61. The zero-order valence-electron chi connectivity index (χ0n) is 16.9. The van der Waals surface area contributed by atoms with E-state index in [1.165, 1.54) is 11.2 Å². The van der Waals surface area contributed by atoms with Crippen LogP contribution in [-0.4, -0.2) is 60.5 Å². The number of nitrogens with zero attached hydrogens (tertiary/aromatic N) is 3. The zero-order chi connectivity index (χ0) is 21.7. The van der Waals surface area contributed by atoms with E-state index in [4.69, 9.17) is 0 Å². The third-order valence-electron chi connectivity index (χ3n) is 3.78. The molecular formula is C17H27N3O6S2. The molecule has 1 heterocycles. The van der Waals surface area contributed by atoms with Crippen LogP contribution in [0.4, 0.5) is 5.69 Å². The van der Waals surface area contributed by atoms with E-state index in [-0.39, 0.29) is 6.61 Å². The van der Waals surface area contributed by atoms with E-state index in [0.29, 0.717) is 11.4 Å². The van der Waals surface area contributed by atoms with E-state index >= 15 is 0 Å². The van der Waals surface area contributed by atoms with E-state index < -0.39 is 20.4 Å². The molecule has 0 saturated heterocycles. The summed E-state index contributed by atoms with van der Waals surface area (Å²) in [6, 6.07) is 7.87. The van der Waals surface area contributed by atoms with E-state index in [1.54, 1.807) is 20.3 Å². The minimum atomic E-state index is -4.42. The molecule has 9 nitrogen and oxygen atoms in total. The number of benzene rings is 1. The molecule has 0 amide bonds. The van der Waals surface area contributed by atoms with Crippen LogP contribution >= 0.6 is 0 Å². The van der Waals surface area contributed by atoms with E-state index in [2.05, 4.69) is 4.18 Å². The van der Waals surface area contributed by atoms with E-state index in [9.17, 15) is 21.4 Å². The Morgan fingerprint density at radius 1 is 1.04 bits per heavy atom. The second-order valence-corrected chi connectivity index (χ2v) is 9.31. The van der Waals surface area contributed by atoms with Crippen molar-refractivity contribution in [3.63, 3.8) is 0 Å². The Labute approximate surface area is 167 Å². The maximum atomic E-state index is 12.7. The molecular weight excluding hydrogens is 406 g/mol. The highest BCUT2D eigenvalue weighted by atomic mass is 32.3. The number of pyridine rings is 1. The lowest BCUT2D eigenvalue weighted by atomic mass is 10.1. The van der Waals surface area contributed by atoms with Crippen molar-refractivity contribution in [1.82, 2.24) is 4.31 Å². The van der Waals surface area contributed by atoms with Gasteiger partial charge in [-0.05, 0) is 19.9 Å². The summed E-state index contributed by atoms with van der Waals surface area (Å²) in [5.41, 5.74) is 1.76. The molecule has 1 aromatic carbocycles. The highest BCUT2D eigenvalue weighted by Gasteiger charge is 2.29. The standard InChI is InChI=1S/C15H22N3O2S.C2H6O4S/c1-6-18-11-14(21(19,20)17(4)5)15(16(2)3)12-9-7-8-10-13(12)18;1-2-6-7(3,4)5/h7-11H,6H2,1-5H3;2H2,1H3,(H,3,4,5)/q+1;/p-1. The SMILES string of the molecule is CCOS(=O)(=O)[O-].CC[n+]1cc(S(=O)(=O)N(C)C)c(N(C)C)c2ccccc21. The summed E-state index contributed by atoms with van der Waals surface area (Å²) in [5, 5.41) is 0.937. The summed E-state index contributed by atoms with van der Waals surface area (Å²) in [7, 11) is -1.08. The van der Waals surface area contributed by atoms with Crippen LogP contribution in [0.2, 0.25) is 0 Å². The van der Waals surface area contributed by atoms with Gasteiger partial charge >= 0.3 is 0 Å². The summed E-state index contributed by atoms with van der Waals surface area (Å²) < 4.78 is 60.5. The van der Waals surface area contributed by atoms with Crippen LogP contribution in [-0.2, 0) is 31.2 Å². The molecule has 0 fully saturated rings. The number of sulfonamides is 1. The smallest absolute Gasteiger partial charge is 0.250 e. The molecule has 0 spiro atoms. The van der Waals surface area contributed by atoms with Gasteiger partial charge in [-0.15, -0.1) is 0 Å². The number of hydrogen-bond acceptors (Lipinski definition) is 7. The lowest BCUT2D eigenvalue weighted by Gasteiger charge is -2.20. The van der Waals surface area contributed by atoms with Crippen molar-refractivity contribution in [2.24, 2.45) is 0 Å². The van der Waals surface area contributed by atoms with Crippen LogP contribution in [0.5, 0.6) is 0 Å². The van der Waals surface area contributed by atoms with Crippen molar-refractivity contribution in [2.45, 2.75) is 25.3 Å². The first-order valence-electron chi connectivity index (χ1n) is 8.52. The van der Waals surface area contributed by atoms with Gasteiger partial charge in [-0.1, -0.05) is 12.1 Å². The first kappa shape index (κ1) is 24.2. The van der Waals surface area contributed by atoms with Gasteiger partial charge in [0.05, 0.1) is 17.7 Å². The highest BCUT2D eigenvalue weighted by Crippen LogP contribution is 2.31. The topological polar surface area (TPSA) is 111 Å². The summed E-state index contributed by atoms with van der Waals surface area (Å²) in [4.78, 5) is 2.19.